The number of benzene rings is 3. The average molecular weight is 502 g/mol. The Morgan fingerprint density at radius 3 is 2.35 bits per heavy atom. The first-order valence-corrected chi connectivity index (χ1v) is 11.7. The van der Waals surface area contributed by atoms with Gasteiger partial charge in [0.25, 0.3) is 5.91 Å². The van der Waals surface area contributed by atoms with Gasteiger partial charge in [0.15, 0.2) is 0 Å². The van der Waals surface area contributed by atoms with Crippen molar-refractivity contribution in [1.29, 1.82) is 0 Å². The Morgan fingerprint density at radius 1 is 1.00 bits per heavy atom. The van der Waals surface area contributed by atoms with Gasteiger partial charge < -0.3 is 5.32 Å². The van der Waals surface area contributed by atoms with Gasteiger partial charge >= 0.3 is 6.18 Å². The monoisotopic (exact) mass is 501 g/mol. The van der Waals surface area contributed by atoms with Crippen molar-refractivity contribution in [3.05, 3.63) is 89.1 Å². The van der Waals surface area contributed by atoms with Crippen LogP contribution in [0.4, 0.5) is 18.9 Å². The van der Waals surface area contributed by atoms with Crippen LogP contribution in [0, 0.1) is 0 Å². The highest BCUT2D eigenvalue weighted by molar-refractivity contribution is 7.98. The number of nitrogens with zero attached hydrogens (tertiary/aromatic N) is 2. The normalized spacial score (nSPS) is 11.5. The third-order valence-electron chi connectivity index (χ3n) is 5.21. The summed E-state index contributed by atoms with van der Waals surface area (Å²) in [7, 11) is 1.80. The van der Waals surface area contributed by atoms with Gasteiger partial charge in [-0.15, -0.1) is 11.8 Å². The van der Waals surface area contributed by atoms with E-state index in [1.165, 1.54) is 23.9 Å². The smallest absolute Gasteiger partial charge is 0.322 e. The number of aromatic nitrogens is 2. The summed E-state index contributed by atoms with van der Waals surface area (Å²) in [5.74, 6) is -0.392. The highest BCUT2D eigenvalue weighted by Crippen LogP contribution is 2.34. The summed E-state index contributed by atoms with van der Waals surface area (Å²) >= 11 is 7.81. The molecule has 1 heterocycles. The van der Waals surface area contributed by atoms with Gasteiger partial charge in [-0.25, -0.2) is 0 Å². The van der Waals surface area contributed by atoms with Gasteiger partial charge in [0.05, 0.1) is 16.3 Å². The number of rotatable bonds is 5. The van der Waals surface area contributed by atoms with E-state index in [2.05, 4.69) is 10.4 Å². The van der Waals surface area contributed by atoms with Crippen molar-refractivity contribution in [2.75, 3.05) is 11.6 Å². The average Bonchev–Trinajstić information content (AvgIpc) is 3.25. The lowest BCUT2D eigenvalue weighted by Crippen LogP contribution is -2.13. The highest BCUT2D eigenvalue weighted by Gasteiger charge is 2.30. The van der Waals surface area contributed by atoms with Gasteiger partial charge in [-0.2, -0.15) is 18.3 Å². The molecule has 9 heteroatoms. The molecule has 0 radical (unpaired) electrons. The molecule has 1 N–H and O–H groups in total. The highest BCUT2D eigenvalue weighted by atomic mass is 35.5. The number of halogens is 4. The molecule has 4 rings (SSSR count). The molecule has 34 heavy (non-hydrogen) atoms. The fourth-order valence-electron chi connectivity index (χ4n) is 3.48. The fourth-order valence-corrected chi connectivity index (χ4v) is 4.14. The Morgan fingerprint density at radius 2 is 1.74 bits per heavy atom. The summed E-state index contributed by atoms with van der Waals surface area (Å²) in [6, 6.07) is 17.0. The molecule has 0 bridgehead atoms. The van der Waals surface area contributed by atoms with Crippen molar-refractivity contribution in [2.24, 2.45) is 7.05 Å². The lowest BCUT2D eigenvalue weighted by molar-refractivity contribution is -0.137. The van der Waals surface area contributed by atoms with E-state index in [4.69, 9.17) is 11.6 Å². The fraction of sp³-hybridized carbons (Fsp3) is 0.120. The Balaban J connectivity index is 1.68. The summed E-state index contributed by atoms with van der Waals surface area (Å²) in [5.41, 5.74) is 2.50. The van der Waals surface area contributed by atoms with Crippen molar-refractivity contribution >= 4 is 35.0 Å². The van der Waals surface area contributed by atoms with Gasteiger partial charge in [0.1, 0.15) is 0 Å². The predicted molar refractivity (Wildman–Crippen MR) is 130 cm³/mol. The summed E-state index contributed by atoms with van der Waals surface area (Å²) in [6.45, 7) is 0. The quantitative estimate of drug-likeness (QED) is 0.290. The molecule has 0 aliphatic carbocycles. The van der Waals surface area contributed by atoms with Gasteiger partial charge in [0.2, 0.25) is 0 Å². The van der Waals surface area contributed by atoms with Crippen LogP contribution in [0.25, 0.3) is 22.4 Å². The van der Waals surface area contributed by atoms with Crippen molar-refractivity contribution in [3.63, 3.8) is 0 Å². The number of hydrogen-bond donors (Lipinski definition) is 1. The minimum absolute atomic E-state index is 0.340. The number of thioether (sulfide) groups is 1. The van der Waals surface area contributed by atoms with Gasteiger partial charge in [0, 0.05) is 35.0 Å². The number of carbonyl (C=O) groups is 1. The van der Waals surface area contributed by atoms with Crippen LogP contribution in [0.1, 0.15) is 15.9 Å². The molecule has 0 saturated heterocycles. The van der Waals surface area contributed by atoms with Crippen molar-refractivity contribution < 1.29 is 18.0 Å². The third-order valence-corrected chi connectivity index (χ3v) is 6.26. The molecule has 0 saturated carbocycles. The second-order valence-corrected chi connectivity index (χ2v) is 8.80. The summed E-state index contributed by atoms with van der Waals surface area (Å²) in [4.78, 5) is 14.1. The lowest BCUT2D eigenvalue weighted by atomic mass is 9.98. The molecule has 0 fully saturated rings. The molecule has 4 aromatic rings. The molecule has 0 aliphatic rings. The van der Waals surface area contributed by atoms with E-state index in [-0.39, 0.29) is 0 Å². The summed E-state index contributed by atoms with van der Waals surface area (Å²) < 4.78 is 40.6. The molecule has 0 unspecified atom stereocenters. The first-order valence-electron chi connectivity index (χ1n) is 10.1. The molecule has 3 aromatic carbocycles. The maximum atomic E-state index is 13.2. The van der Waals surface area contributed by atoms with Gasteiger partial charge in [-0.1, -0.05) is 23.7 Å². The Kier molecular flexibility index (Phi) is 6.72. The number of amides is 1. The van der Waals surface area contributed by atoms with Crippen LogP contribution in [0.5, 0.6) is 0 Å². The largest absolute Gasteiger partial charge is 0.416 e. The van der Waals surface area contributed by atoms with E-state index in [0.29, 0.717) is 38.7 Å². The van der Waals surface area contributed by atoms with Gasteiger partial charge in [-0.05, 0) is 72.0 Å². The second-order valence-electron chi connectivity index (χ2n) is 7.51. The molecule has 0 spiro atoms. The first-order chi connectivity index (χ1) is 16.2. The summed E-state index contributed by atoms with van der Waals surface area (Å²) in [6.07, 6.45) is -0.751. The molecule has 174 valence electrons. The first kappa shape index (κ1) is 23.9. The molecule has 1 amide bonds. The number of hydrogen-bond acceptors (Lipinski definition) is 3. The van der Waals surface area contributed by atoms with Crippen LogP contribution in [-0.2, 0) is 13.2 Å². The SMILES string of the molecule is CSc1ccc(C(=O)Nc2ccc(Cl)c(-c3ccn(C)n3)c2)c(-c2ccc(C(F)(F)F)cc2)c1. The maximum Gasteiger partial charge on any atom is 0.416 e. The van der Waals surface area contributed by atoms with Crippen molar-refractivity contribution in [3.8, 4) is 22.4 Å². The number of nitrogens with one attached hydrogen (secondary N) is 1. The van der Waals surface area contributed by atoms with Crippen molar-refractivity contribution in [2.45, 2.75) is 11.1 Å². The zero-order valence-electron chi connectivity index (χ0n) is 18.2. The minimum atomic E-state index is -4.43. The standard InChI is InChI=1S/C25H19ClF3N3OS/c1-32-12-11-23(31-32)21-13-17(7-10-22(21)26)30-24(33)19-9-8-18(34-2)14-20(19)15-3-5-16(6-4-15)25(27,28)29/h3-14H,1-2H3,(H,30,33). The van der Waals surface area contributed by atoms with Gasteiger partial charge in [-0.3, -0.25) is 9.48 Å². The third kappa shape index (κ3) is 5.13. The lowest BCUT2D eigenvalue weighted by Gasteiger charge is -2.14. The zero-order chi connectivity index (χ0) is 24.5. The minimum Gasteiger partial charge on any atom is -0.322 e. The predicted octanol–water partition coefficient (Wildman–Crippen LogP) is 7.40. The summed E-state index contributed by atoms with van der Waals surface area (Å²) in [5, 5.41) is 7.71. The van der Waals surface area contributed by atoms with E-state index in [9.17, 15) is 18.0 Å². The number of anilines is 1. The molecule has 0 aliphatic heterocycles. The zero-order valence-corrected chi connectivity index (χ0v) is 19.7. The topological polar surface area (TPSA) is 46.9 Å². The number of alkyl halides is 3. The Hall–Kier alpha value is -3.23. The van der Waals surface area contributed by atoms with Crippen LogP contribution >= 0.6 is 23.4 Å². The van der Waals surface area contributed by atoms with E-state index in [1.807, 2.05) is 12.3 Å². The molecule has 1 aromatic heterocycles. The molecular formula is C25H19ClF3N3OS. The van der Waals surface area contributed by atoms with E-state index in [0.717, 1.165) is 17.0 Å². The van der Waals surface area contributed by atoms with Crippen LogP contribution in [0.15, 0.2) is 77.8 Å². The number of aryl methyl sites for hydroxylation is 1. The molecule has 0 atom stereocenters. The Labute approximate surface area is 203 Å². The van der Waals surface area contributed by atoms with Crippen LogP contribution < -0.4 is 5.32 Å². The molecular weight excluding hydrogens is 483 g/mol. The van der Waals surface area contributed by atoms with Crippen LogP contribution in [-0.4, -0.2) is 21.9 Å². The Bertz CT molecular complexity index is 1350. The van der Waals surface area contributed by atoms with Crippen LogP contribution in [0.3, 0.4) is 0 Å². The number of carbonyl (C=O) groups excluding carboxylic acids is 1. The second kappa shape index (κ2) is 9.56. The van der Waals surface area contributed by atoms with E-state index in [1.54, 1.807) is 54.3 Å². The van der Waals surface area contributed by atoms with E-state index < -0.39 is 17.6 Å². The van der Waals surface area contributed by atoms with Crippen LogP contribution in [0.2, 0.25) is 5.02 Å². The molecule has 4 nitrogen and oxygen atoms in total. The van der Waals surface area contributed by atoms with Crippen molar-refractivity contribution in [1.82, 2.24) is 9.78 Å². The van der Waals surface area contributed by atoms with E-state index >= 15 is 0 Å². The maximum absolute atomic E-state index is 13.2.